The fourth-order valence-corrected chi connectivity index (χ4v) is 2.96. The van der Waals surface area contributed by atoms with Gasteiger partial charge < -0.3 is 9.88 Å². The average Bonchev–Trinajstić information content (AvgIpc) is 3.05. The van der Waals surface area contributed by atoms with E-state index in [1.54, 1.807) is 10.8 Å². The van der Waals surface area contributed by atoms with Gasteiger partial charge in [-0.05, 0) is 18.9 Å². The smallest absolute Gasteiger partial charge is 0.267 e. The number of hydrogen-bond donors (Lipinski definition) is 1. The third-order valence-electron chi connectivity index (χ3n) is 2.95. The molecule has 1 saturated carbocycles. The Morgan fingerprint density at radius 3 is 2.70 bits per heavy atom. The molecule has 1 fully saturated rings. The Kier molecular flexibility index (Phi) is 4.55. The van der Waals surface area contributed by atoms with E-state index in [2.05, 4.69) is 5.32 Å². The summed E-state index contributed by atoms with van der Waals surface area (Å²) in [5.41, 5.74) is 0.272. The Bertz CT molecular complexity index is 649. The van der Waals surface area contributed by atoms with Gasteiger partial charge in [0.15, 0.2) is 0 Å². The highest BCUT2D eigenvalue weighted by Gasteiger charge is 2.29. The topological polar surface area (TPSA) is 85.2 Å². The van der Waals surface area contributed by atoms with Crippen LogP contribution in [0.25, 0.3) is 0 Å². The second-order valence-corrected chi connectivity index (χ2v) is 8.79. The average molecular weight is 339 g/mol. The van der Waals surface area contributed by atoms with Crippen molar-refractivity contribution in [3.63, 3.8) is 0 Å². The summed E-state index contributed by atoms with van der Waals surface area (Å²) in [6.07, 6.45) is 4.77. The highest BCUT2D eigenvalue weighted by molar-refractivity contribution is 8.13. The minimum atomic E-state index is -3.85. The van der Waals surface area contributed by atoms with Gasteiger partial charge in [0, 0.05) is 52.3 Å². The van der Waals surface area contributed by atoms with E-state index in [9.17, 15) is 17.4 Å². The first-order valence-corrected chi connectivity index (χ1v) is 10.1. The summed E-state index contributed by atoms with van der Waals surface area (Å²) in [5, 5.41) is 2.63. The Hall–Kier alpha value is -0.860. The van der Waals surface area contributed by atoms with Gasteiger partial charge in [-0.25, -0.2) is 8.42 Å². The number of nitrogens with zero attached hydrogens (tertiary/aromatic N) is 1. The van der Waals surface area contributed by atoms with Crippen LogP contribution in [0.15, 0.2) is 17.2 Å². The molecule has 112 valence electrons. The molecule has 0 spiro atoms. The van der Waals surface area contributed by atoms with Crippen molar-refractivity contribution in [3.8, 4) is 0 Å². The number of halogens is 1. The molecule has 0 radical (unpaired) electrons. The monoisotopic (exact) mass is 338 g/mol. The van der Waals surface area contributed by atoms with Gasteiger partial charge in [0.05, 0.1) is 0 Å². The van der Waals surface area contributed by atoms with Crippen LogP contribution in [0, 0.1) is 0 Å². The van der Waals surface area contributed by atoms with Crippen LogP contribution in [0.1, 0.15) is 29.4 Å². The van der Waals surface area contributed by atoms with E-state index < -0.39 is 19.9 Å². The highest BCUT2D eigenvalue weighted by Crippen LogP contribution is 2.37. The zero-order valence-corrected chi connectivity index (χ0v) is 13.2. The van der Waals surface area contributed by atoms with Gasteiger partial charge >= 0.3 is 0 Å². The molecule has 1 N–H and O–H groups in total. The van der Waals surface area contributed by atoms with Crippen molar-refractivity contribution >= 4 is 36.4 Å². The Balaban J connectivity index is 2.19. The van der Waals surface area contributed by atoms with Crippen molar-refractivity contribution in [2.24, 2.45) is 0 Å². The van der Waals surface area contributed by atoms with Crippen LogP contribution in [0.3, 0.4) is 0 Å². The van der Waals surface area contributed by atoms with Crippen LogP contribution >= 0.6 is 10.7 Å². The normalized spacial score (nSPS) is 16.9. The summed E-state index contributed by atoms with van der Waals surface area (Å²) < 4.78 is 35.3. The Morgan fingerprint density at radius 2 is 2.20 bits per heavy atom. The number of aromatic nitrogens is 1. The molecule has 0 bridgehead atoms. The summed E-state index contributed by atoms with van der Waals surface area (Å²) in [6, 6.07) is 1.43. The number of rotatable bonds is 6. The van der Waals surface area contributed by atoms with E-state index in [1.165, 1.54) is 12.3 Å². The summed E-state index contributed by atoms with van der Waals surface area (Å²) >= 11 is 0. The largest absolute Gasteiger partial charge is 0.350 e. The van der Waals surface area contributed by atoms with E-state index in [1.807, 2.05) is 0 Å². The van der Waals surface area contributed by atoms with Gasteiger partial charge in [-0.1, -0.05) is 0 Å². The summed E-state index contributed by atoms with van der Waals surface area (Å²) in [6.45, 7) is 0.279. The van der Waals surface area contributed by atoms with E-state index in [-0.39, 0.29) is 29.1 Å². The van der Waals surface area contributed by atoms with Crippen LogP contribution in [-0.4, -0.2) is 41.7 Å². The molecule has 1 aliphatic carbocycles. The van der Waals surface area contributed by atoms with Gasteiger partial charge in [0.1, 0.15) is 10.6 Å². The van der Waals surface area contributed by atoms with Gasteiger partial charge in [-0.15, -0.1) is 0 Å². The number of carbonyl (C=O) groups excluding carboxylic acids is 1. The zero-order chi connectivity index (χ0) is 14.9. The Morgan fingerprint density at radius 1 is 1.55 bits per heavy atom. The number of carbonyl (C=O) groups is 1. The van der Waals surface area contributed by atoms with Gasteiger partial charge in [0.25, 0.3) is 15.0 Å². The fraction of sp³-hybridized carbons (Fsp3) is 0.545. The van der Waals surface area contributed by atoms with E-state index >= 15 is 0 Å². The third kappa shape index (κ3) is 3.83. The molecule has 2 rings (SSSR count). The maximum Gasteiger partial charge on any atom is 0.267 e. The van der Waals surface area contributed by atoms with E-state index in [4.69, 9.17) is 10.7 Å². The van der Waals surface area contributed by atoms with Crippen molar-refractivity contribution in [1.82, 2.24) is 9.88 Å². The van der Waals surface area contributed by atoms with Crippen molar-refractivity contribution in [2.75, 3.05) is 18.6 Å². The van der Waals surface area contributed by atoms with Gasteiger partial charge in [0.2, 0.25) is 0 Å². The third-order valence-corrected chi connectivity index (χ3v) is 5.05. The van der Waals surface area contributed by atoms with Crippen LogP contribution < -0.4 is 5.32 Å². The van der Waals surface area contributed by atoms with Crippen LogP contribution in [0.4, 0.5) is 0 Å². The lowest BCUT2D eigenvalue weighted by atomic mass is 10.4. The van der Waals surface area contributed by atoms with Gasteiger partial charge in [-0.3, -0.25) is 9.00 Å². The van der Waals surface area contributed by atoms with E-state index in [0.29, 0.717) is 5.75 Å². The Labute approximate surface area is 124 Å². The first-order valence-electron chi connectivity index (χ1n) is 6.04. The maximum atomic E-state index is 12.1. The molecule has 1 aromatic heterocycles. The lowest BCUT2D eigenvalue weighted by Gasteiger charge is -2.07. The summed E-state index contributed by atoms with van der Waals surface area (Å²) in [5.74, 6) is -0.0230. The van der Waals surface area contributed by atoms with Crippen LogP contribution in [-0.2, 0) is 19.9 Å². The molecule has 1 unspecified atom stereocenters. The second kappa shape index (κ2) is 5.87. The molecule has 0 aliphatic heterocycles. The molecule has 0 aromatic carbocycles. The molecular weight excluding hydrogens is 324 g/mol. The molecule has 9 heteroatoms. The van der Waals surface area contributed by atoms with Crippen molar-refractivity contribution < 1.29 is 17.4 Å². The molecule has 1 aliphatic rings. The fourth-order valence-electron chi connectivity index (χ4n) is 1.82. The predicted octanol–water partition coefficient (Wildman–Crippen LogP) is 0.859. The van der Waals surface area contributed by atoms with Gasteiger partial charge in [-0.2, -0.15) is 0 Å². The molecule has 6 nitrogen and oxygen atoms in total. The lowest BCUT2D eigenvalue weighted by molar-refractivity contribution is 0.0946. The summed E-state index contributed by atoms with van der Waals surface area (Å²) in [7, 11) is 0.464. The first kappa shape index (κ1) is 15.5. The molecule has 20 heavy (non-hydrogen) atoms. The first-order chi connectivity index (χ1) is 9.29. The molecule has 1 amide bonds. The lowest BCUT2D eigenvalue weighted by Crippen LogP contribution is -2.29. The SMILES string of the molecule is CS(=O)CCNC(=O)c1cc(S(=O)(=O)Cl)cn1C1CC1. The van der Waals surface area contributed by atoms with Crippen molar-refractivity contribution in [2.45, 2.75) is 23.8 Å². The number of nitrogens with one attached hydrogen (secondary N) is 1. The molecule has 0 saturated heterocycles. The zero-order valence-electron chi connectivity index (χ0n) is 10.8. The predicted molar refractivity (Wildman–Crippen MR) is 77.0 cm³/mol. The standard InChI is InChI=1S/C11H15ClN2O4S2/c1-19(16)5-4-13-11(15)10-6-9(20(12,17)18)7-14(10)8-2-3-8/h6-8H,2-5H2,1H3,(H,13,15). The van der Waals surface area contributed by atoms with E-state index in [0.717, 1.165) is 12.8 Å². The minimum Gasteiger partial charge on any atom is -0.350 e. The van der Waals surface area contributed by atoms with Crippen molar-refractivity contribution in [3.05, 3.63) is 18.0 Å². The number of amides is 1. The molecule has 1 aromatic rings. The van der Waals surface area contributed by atoms with Crippen LogP contribution in [0.2, 0.25) is 0 Å². The highest BCUT2D eigenvalue weighted by atomic mass is 35.7. The molecular formula is C11H15ClN2O4S2. The summed E-state index contributed by atoms with van der Waals surface area (Å²) in [4.78, 5) is 12.0. The minimum absolute atomic E-state index is 0.0738. The van der Waals surface area contributed by atoms with Crippen LogP contribution in [0.5, 0.6) is 0 Å². The maximum absolute atomic E-state index is 12.1. The second-order valence-electron chi connectivity index (χ2n) is 4.67. The molecule has 1 atom stereocenters. The molecule has 1 heterocycles. The van der Waals surface area contributed by atoms with Crippen molar-refractivity contribution in [1.29, 1.82) is 0 Å². The quantitative estimate of drug-likeness (QED) is 0.779. The number of hydrogen-bond acceptors (Lipinski definition) is 4.